The van der Waals surface area contributed by atoms with Gasteiger partial charge in [0, 0.05) is 13.2 Å². The van der Waals surface area contributed by atoms with E-state index in [0.717, 1.165) is 26.1 Å². The molecule has 0 atom stereocenters. The van der Waals surface area contributed by atoms with Crippen molar-refractivity contribution >= 4 is 0 Å². The van der Waals surface area contributed by atoms with E-state index >= 15 is 0 Å². The minimum atomic E-state index is -0.209. The molecule has 2 heteroatoms. The summed E-state index contributed by atoms with van der Waals surface area (Å²) in [5.74, 6) is 0. The predicted octanol–water partition coefficient (Wildman–Crippen LogP) is 3.33. The minimum absolute atomic E-state index is 0.209. The Morgan fingerprint density at radius 3 is 2.17 bits per heavy atom. The van der Waals surface area contributed by atoms with Gasteiger partial charge in [-0.2, -0.15) is 0 Å². The highest BCUT2D eigenvalue weighted by molar-refractivity contribution is 4.40. The SMILES string of the molecule is CCCCCCOCCCCF. The maximum absolute atomic E-state index is 11.6. The Hall–Kier alpha value is -0.110. The molecule has 0 saturated heterocycles. The van der Waals surface area contributed by atoms with Crippen LogP contribution in [0.1, 0.15) is 45.4 Å². The molecule has 0 aliphatic carbocycles. The molecule has 0 rings (SSSR count). The zero-order chi connectivity index (χ0) is 9.07. The highest BCUT2D eigenvalue weighted by atomic mass is 19.1. The third-order valence-corrected chi connectivity index (χ3v) is 1.81. The molecule has 1 nitrogen and oxygen atoms in total. The van der Waals surface area contributed by atoms with Gasteiger partial charge in [0.2, 0.25) is 0 Å². The van der Waals surface area contributed by atoms with Crippen LogP contribution in [0, 0.1) is 0 Å². The van der Waals surface area contributed by atoms with Crippen molar-refractivity contribution in [3.05, 3.63) is 0 Å². The summed E-state index contributed by atoms with van der Waals surface area (Å²) < 4.78 is 16.9. The maximum atomic E-state index is 11.6. The van der Waals surface area contributed by atoms with Crippen LogP contribution < -0.4 is 0 Å². The monoisotopic (exact) mass is 176 g/mol. The van der Waals surface area contributed by atoms with E-state index in [9.17, 15) is 4.39 Å². The van der Waals surface area contributed by atoms with E-state index in [2.05, 4.69) is 6.92 Å². The summed E-state index contributed by atoms with van der Waals surface area (Å²) >= 11 is 0. The van der Waals surface area contributed by atoms with Crippen LogP contribution in [0.5, 0.6) is 0 Å². The molecule has 0 aromatic carbocycles. The van der Waals surface area contributed by atoms with Crippen LogP contribution in [0.25, 0.3) is 0 Å². The van der Waals surface area contributed by atoms with Crippen LogP contribution in [-0.4, -0.2) is 19.9 Å². The molecule has 0 aromatic heterocycles. The summed E-state index contributed by atoms with van der Waals surface area (Å²) in [4.78, 5) is 0. The van der Waals surface area contributed by atoms with E-state index in [1.54, 1.807) is 0 Å². The van der Waals surface area contributed by atoms with Crippen molar-refractivity contribution in [1.82, 2.24) is 0 Å². The molecule has 12 heavy (non-hydrogen) atoms. The molecule has 0 aromatic rings. The Morgan fingerprint density at radius 2 is 1.58 bits per heavy atom. The molecular weight excluding hydrogens is 155 g/mol. The lowest BCUT2D eigenvalue weighted by molar-refractivity contribution is 0.124. The molecular formula is C10H21FO. The fourth-order valence-corrected chi connectivity index (χ4v) is 1.03. The maximum Gasteiger partial charge on any atom is 0.0895 e. The van der Waals surface area contributed by atoms with Gasteiger partial charge in [-0.3, -0.25) is 4.39 Å². The molecule has 0 unspecified atom stereocenters. The van der Waals surface area contributed by atoms with E-state index in [0.29, 0.717) is 6.42 Å². The van der Waals surface area contributed by atoms with E-state index in [4.69, 9.17) is 4.74 Å². The zero-order valence-electron chi connectivity index (χ0n) is 8.15. The third-order valence-electron chi connectivity index (χ3n) is 1.81. The summed E-state index contributed by atoms with van der Waals surface area (Å²) in [6.45, 7) is 3.57. The summed E-state index contributed by atoms with van der Waals surface area (Å²) in [5, 5.41) is 0. The summed E-state index contributed by atoms with van der Waals surface area (Å²) in [6.07, 6.45) is 6.50. The molecule has 0 heterocycles. The number of halogens is 1. The van der Waals surface area contributed by atoms with Crippen LogP contribution in [0.15, 0.2) is 0 Å². The highest BCUT2D eigenvalue weighted by Gasteiger charge is 1.90. The first-order valence-electron chi connectivity index (χ1n) is 5.05. The smallest absolute Gasteiger partial charge is 0.0895 e. The second-order valence-corrected chi connectivity index (χ2v) is 3.07. The average molecular weight is 176 g/mol. The highest BCUT2D eigenvalue weighted by Crippen LogP contribution is 1.99. The molecule has 0 fully saturated rings. The zero-order valence-corrected chi connectivity index (χ0v) is 8.15. The van der Waals surface area contributed by atoms with Gasteiger partial charge in [0.1, 0.15) is 0 Å². The molecule has 0 radical (unpaired) electrons. The van der Waals surface area contributed by atoms with Crippen molar-refractivity contribution in [2.45, 2.75) is 45.4 Å². The molecule has 0 aliphatic rings. The van der Waals surface area contributed by atoms with Gasteiger partial charge in [0.15, 0.2) is 0 Å². The minimum Gasteiger partial charge on any atom is -0.381 e. The van der Waals surface area contributed by atoms with Crippen molar-refractivity contribution in [2.75, 3.05) is 19.9 Å². The normalized spacial score (nSPS) is 10.5. The number of unbranched alkanes of at least 4 members (excludes halogenated alkanes) is 4. The van der Waals surface area contributed by atoms with Gasteiger partial charge in [-0.05, 0) is 19.3 Å². The lowest BCUT2D eigenvalue weighted by atomic mass is 10.2. The molecule has 0 saturated carbocycles. The van der Waals surface area contributed by atoms with Gasteiger partial charge < -0.3 is 4.74 Å². The van der Waals surface area contributed by atoms with Crippen molar-refractivity contribution in [3.8, 4) is 0 Å². The third kappa shape index (κ3) is 9.89. The van der Waals surface area contributed by atoms with Crippen LogP contribution in [-0.2, 0) is 4.74 Å². The summed E-state index contributed by atoms with van der Waals surface area (Å²) in [5.41, 5.74) is 0. The Morgan fingerprint density at radius 1 is 0.917 bits per heavy atom. The fraction of sp³-hybridized carbons (Fsp3) is 1.00. The van der Waals surface area contributed by atoms with E-state index in [-0.39, 0.29) is 6.67 Å². The Labute approximate surface area is 75.3 Å². The molecule has 0 bridgehead atoms. The van der Waals surface area contributed by atoms with Crippen LogP contribution >= 0.6 is 0 Å². The molecule has 74 valence electrons. The van der Waals surface area contributed by atoms with Crippen molar-refractivity contribution < 1.29 is 9.13 Å². The molecule has 0 amide bonds. The predicted molar refractivity (Wildman–Crippen MR) is 50.2 cm³/mol. The molecule has 0 N–H and O–H groups in total. The van der Waals surface area contributed by atoms with Crippen molar-refractivity contribution in [1.29, 1.82) is 0 Å². The molecule has 0 aliphatic heterocycles. The van der Waals surface area contributed by atoms with E-state index in [1.165, 1.54) is 19.3 Å². The topological polar surface area (TPSA) is 9.23 Å². The number of ether oxygens (including phenoxy) is 1. The number of rotatable bonds is 9. The Bertz CT molecular complexity index is 66.2. The lowest BCUT2D eigenvalue weighted by Crippen LogP contribution is -1.97. The van der Waals surface area contributed by atoms with E-state index in [1.807, 2.05) is 0 Å². The van der Waals surface area contributed by atoms with Gasteiger partial charge >= 0.3 is 0 Å². The first-order chi connectivity index (χ1) is 5.91. The van der Waals surface area contributed by atoms with Crippen LogP contribution in [0.2, 0.25) is 0 Å². The van der Waals surface area contributed by atoms with Gasteiger partial charge in [0.05, 0.1) is 6.67 Å². The van der Waals surface area contributed by atoms with Crippen molar-refractivity contribution in [3.63, 3.8) is 0 Å². The first-order valence-corrected chi connectivity index (χ1v) is 5.05. The first kappa shape index (κ1) is 11.9. The number of hydrogen-bond donors (Lipinski definition) is 0. The Kier molecular flexibility index (Phi) is 10.8. The summed E-state index contributed by atoms with van der Waals surface area (Å²) in [6, 6.07) is 0. The van der Waals surface area contributed by atoms with Crippen molar-refractivity contribution in [2.24, 2.45) is 0 Å². The Balaban J connectivity index is 2.73. The standard InChI is InChI=1S/C10H21FO/c1-2-3-4-6-9-12-10-7-5-8-11/h2-10H2,1H3. The molecule has 0 spiro atoms. The fourth-order valence-electron chi connectivity index (χ4n) is 1.03. The van der Waals surface area contributed by atoms with Gasteiger partial charge in [-0.15, -0.1) is 0 Å². The number of hydrogen-bond acceptors (Lipinski definition) is 1. The largest absolute Gasteiger partial charge is 0.381 e. The van der Waals surface area contributed by atoms with Gasteiger partial charge in [-0.25, -0.2) is 0 Å². The second-order valence-electron chi connectivity index (χ2n) is 3.07. The lowest BCUT2D eigenvalue weighted by Gasteiger charge is -2.02. The van der Waals surface area contributed by atoms with Crippen LogP contribution in [0.4, 0.5) is 4.39 Å². The average Bonchev–Trinajstić information content (AvgIpc) is 2.10. The van der Waals surface area contributed by atoms with Gasteiger partial charge in [0.25, 0.3) is 0 Å². The second kappa shape index (κ2) is 10.9. The quantitative estimate of drug-likeness (QED) is 0.490. The van der Waals surface area contributed by atoms with Gasteiger partial charge in [-0.1, -0.05) is 26.2 Å². The van der Waals surface area contributed by atoms with Crippen LogP contribution in [0.3, 0.4) is 0 Å². The summed E-state index contributed by atoms with van der Waals surface area (Å²) in [7, 11) is 0. The van der Waals surface area contributed by atoms with E-state index < -0.39 is 0 Å². The number of alkyl halides is 1.